The van der Waals surface area contributed by atoms with E-state index in [1.165, 1.54) is 11.3 Å². The van der Waals surface area contributed by atoms with Gasteiger partial charge in [-0.1, -0.05) is 6.07 Å². The molecule has 3 aromatic heterocycles. The third kappa shape index (κ3) is 4.10. The summed E-state index contributed by atoms with van der Waals surface area (Å²) in [4.78, 5) is 49.2. The number of nitrogens with one attached hydrogen (secondary N) is 1. The van der Waals surface area contributed by atoms with Crippen molar-refractivity contribution in [1.82, 2.24) is 24.8 Å². The molecule has 1 atom stereocenters. The van der Waals surface area contributed by atoms with E-state index in [0.29, 0.717) is 30.2 Å². The lowest BCUT2D eigenvalue weighted by molar-refractivity contribution is -0.130. The molecule has 1 aliphatic rings. The molecule has 0 radical (unpaired) electrons. The lowest BCUT2D eigenvalue weighted by Gasteiger charge is -2.18. The van der Waals surface area contributed by atoms with Crippen molar-refractivity contribution in [2.75, 3.05) is 20.1 Å². The van der Waals surface area contributed by atoms with Crippen molar-refractivity contribution < 1.29 is 9.59 Å². The molecule has 31 heavy (non-hydrogen) atoms. The molecule has 0 spiro atoms. The zero-order valence-corrected chi connectivity index (χ0v) is 18.7. The van der Waals surface area contributed by atoms with Gasteiger partial charge in [-0.15, -0.1) is 11.3 Å². The fraction of sp³-hybridized carbons (Fsp3) is 0.409. The summed E-state index contributed by atoms with van der Waals surface area (Å²) >= 11 is 1.39. The first kappa shape index (κ1) is 21.2. The van der Waals surface area contributed by atoms with Gasteiger partial charge >= 0.3 is 5.69 Å². The summed E-state index contributed by atoms with van der Waals surface area (Å²) < 4.78 is 1.54. The molecule has 0 aliphatic carbocycles. The van der Waals surface area contributed by atoms with Gasteiger partial charge in [0, 0.05) is 62.0 Å². The van der Waals surface area contributed by atoms with Gasteiger partial charge in [-0.05, 0) is 38.0 Å². The minimum atomic E-state index is -0.322. The van der Waals surface area contributed by atoms with E-state index >= 15 is 0 Å². The van der Waals surface area contributed by atoms with E-state index in [-0.39, 0.29) is 29.8 Å². The number of likely N-dealkylation sites (tertiary alicyclic amines) is 1. The molecular formula is C22H25N5O3S. The van der Waals surface area contributed by atoms with E-state index in [1.54, 1.807) is 24.7 Å². The highest BCUT2D eigenvalue weighted by molar-refractivity contribution is 7.20. The first-order valence-electron chi connectivity index (χ1n) is 10.3. The first-order valence-corrected chi connectivity index (χ1v) is 11.1. The summed E-state index contributed by atoms with van der Waals surface area (Å²) in [6.07, 6.45) is 2.76. The Morgan fingerprint density at radius 2 is 2.13 bits per heavy atom. The minimum absolute atomic E-state index is 0.00790. The maximum Gasteiger partial charge on any atom is 0.347 e. The molecule has 1 N–H and O–H groups in total. The summed E-state index contributed by atoms with van der Waals surface area (Å²) in [6.45, 7) is 5.14. The van der Waals surface area contributed by atoms with Crippen LogP contribution in [0.5, 0.6) is 0 Å². The number of thiophene rings is 1. The van der Waals surface area contributed by atoms with Crippen LogP contribution in [0.2, 0.25) is 0 Å². The zero-order valence-electron chi connectivity index (χ0n) is 17.8. The van der Waals surface area contributed by atoms with E-state index in [1.807, 2.05) is 30.0 Å². The molecule has 162 valence electrons. The summed E-state index contributed by atoms with van der Waals surface area (Å²) in [7, 11) is 1.62. The van der Waals surface area contributed by atoms with Gasteiger partial charge in [0.15, 0.2) is 0 Å². The van der Waals surface area contributed by atoms with E-state index in [4.69, 9.17) is 0 Å². The molecule has 4 rings (SSSR count). The summed E-state index contributed by atoms with van der Waals surface area (Å²) in [6, 6.07) is 5.71. The Kier molecular flexibility index (Phi) is 5.86. The number of fused-ring (bicyclic) bond motifs is 1. The average Bonchev–Trinajstić information content (AvgIpc) is 3.36. The van der Waals surface area contributed by atoms with Crippen LogP contribution < -0.4 is 11.0 Å². The number of hydrogen-bond acceptors (Lipinski definition) is 6. The molecule has 1 unspecified atom stereocenters. The summed E-state index contributed by atoms with van der Waals surface area (Å²) in [5.41, 5.74) is 2.14. The maximum absolute atomic E-state index is 12.9. The van der Waals surface area contributed by atoms with Crippen molar-refractivity contribution >= 4 is 33.4 Å². The largest absolute Gasteiger partial charge is 0.354 e. The number of carbonyl (C=O) groups excluding carboxylic acids is 2. The highest BCUT2D eigenvalue weighted by atomic mass is 32.1. The Morgan fingerprint density at radius 3 is 2.87 bits per heavy atom. The molecule has 1 saturated heterocycles. The molecule has 8 nitrogen and oxygen atoms in total. The molecule has 0 saturated carbocycles. The predicted molar refractivity (Wildman–Crippen MR) is 120 cm³/mol. The second-order valence-corrected chi connectivity index (χ2v) is 8.83. The molecule has 0 aromatic carbocycles. The Morgan fingerprint density at radius 1 is 1.32 bits per heavy atom. The quantitative estimate of drug-likeness (QED) is 0.658. The highest BCUT2D eigenvalue weighted by Crippen LogP contribution is 2.39. The number of pyridine rings is 1. The Hall–Kier alpha value is -3.07. The van der Waals surface area contributed by atoms with E-state index < -0.39 is 0 Å². The fourth-order valence-electron chi connectivity index (χ4n) is 4.27. The zero-order chi connectivity index (χ0) is 22.1. The van der Waals surface area contributed by atoms with Crippen molar-refractivity contribution in [3.05, 3.63) is 56.7 Å². The molecule has 2 amide bonds. The summed E-state index contributed by atoms with van der Waals surface area (Å²) in [5.74, 6) is -0.0299. The van der Waals surface area contributed by atoms with Gasteiger partial charge in [0.25, 0.3) is 5.91 Å². The van der Waals surface area contributed by atoms with Gasteiger partial charge in [-0.3, -0.25) is 14.2 Å². The number of nitrogens with zero attached hydrogens (tertiary/aromatic N) is 4. The lowest BCUT2D eigenvalue weighted by Crippen LogP contribution is -2.32. The van der Waals surface area contributed by atoms with Crippen molar-refractivity contribution in [3.63, 3.8) is 0 Å². The third-order valence-electron chi connectivity index (χ3n) is 5.78. The third-order valence-corrected chi connectivity index (χ3v) is 6.91. The number of carbonyl (C=O) groups is 2. The predicted octanol–water partition coefficient (Wildman–Crippen LogP) is 2.24. The molecule has 1 aliphatic heterocycles. The lowest BCUT2D eigenvalue weighted by atomic mass is 9.95. The molecule has 4 heterocycles. The van der Waals surface area contributed by atoms with Crippen molar-refractivity contribution in [2.45, 2.75) is 39.2 Å². The number of rotatable bonds is 5. The molecule has 0 bridgehead atoms. The molecular weight excluding hydrogens is 414 g/mol. The Balaban J connectivity index is 1.51. The Labute approximate surface area is 183 Å². The van der Waals surface area contributed by atoms with Crippen molar-refractivity contribution in [3.8, 4) is 0 Å². The smallest absolute Gasteiger partial charge is 0.347 e. The van der Waals surface area contributed by atoms with Gasteiger partial charge in [-0.25, -0.2) is 9.78 Å². The molecule has 9 heteroatoms. The fourth-order valence-corrected chi connectivity index (χ4v) is 5.45. The van der Waals surface area contributed by atoms with E-state index in [0.717, 1.165) is 27.9 Å². The topological polar surface area (TPSA) is 97.2 Å². The van der Waals surface area contributed by atoms with E-state index in [2.05, 4.69) is 15.3 Å². The van der Waals surface area contributed by atoms with Crippen LogP contribution in [0.3, 0.4) is 0 Å². The normalized spacial score (nSPS) is 16.1. The van der Waals surface area contributed by atoms with Gasteiger partial charge in [0.1, 0.15) is 4.83 Å². The van der Waals surface area contributed by atoms with Crippen LogP contribution in [-0.2, 0) is 11.3 Å². The van der Waals surface area contributed by atoms with Crippen molar-refractivity contribution in [1.29, 1.82) is 0 Å². The van der Waals surface area contributed by atoms with Gasteiger partial charge in [0.2, 0.25) is 5.91 Å². The average molecular weight is 440 g/mol. The van der Waals surface area contributed by atoms with Crippen LogP contribution in [-0.4, -0.2) is 51.4 Å². The minimum Gasteiger partial charge on any atom is -0.354 e. The van der Waals surface area contributed by atoms with Crippen LogP contribution in [0.25, 0.3) is 10.2 Å². The van der Waals surface area contributed by atoms with Gasteiger partial charge in [-0.2, -0.15) is 4.98 Å². The van der Waals surface area contributed by atoms with Gasteiger partial charge < -0.3 is 10.2 Å². The number of amides is 2. The highest BCUT2D eigenvalue weighted by Gasteiger charge is 2.32. The Bertz CT molecular complexity index is 1220. The second-order valence-electron chi connectivity index (χ2n) is 7.83. The molecule has 3 aromatic rings. The van der Waals surface area contributed by atoms with Crippen LogP contribution in [0.15, 0.2) is 29.2 Å². The van der Waals surface area contributed by atoms with Crippen molar-refractivity contribution in [2.24, 2.45) is 0 Å². The number of hydrogen-bond donors (Lipinski definition) is 1. The monoisotopic (exact) mass is 439 g/mol. The van der Waals surface area contributed by atoms with Gasteiger partial charge in [0.05, 0.1) is 4.88 Å². The van der Waals surface area contributed by atoms with Crippen LogP contribution >= 0.6 is 11.3 Å². The maximum atomic E-state index is 12.9. The standard InChI is InChI=1S/C22H25N5O3S/c1-13-11-14(2)27(22(30)25-13)10-7-17(28)26-9-6-15(12-26)18-16-5-4-8-24-21(16)31-19(18)20(29)23-3/h4-5,8,11,15H,6-7,9-10,12H2,1-3H3,(H,23,29). The van der Waals surface area contributed by atoms with Crippen LogP contribution in [0.4, 0.5) is 0 Å². The SMILES string of the molecule is CNC(=O)c1sc2ncccc2c1C1CCN(C(=O)CCn2c(C)cc(C)nc2=O)C1. The van der Waals surface area contributed by atoms with Crippen LogP contribution in [0, 0.1) is 13.8 Å². The van der Waals surface area contributed by atoms with Crippen LogP contribution in [0.1, 0.15) is 45.4 Å². The first-order chi connectivity index (χ1) is 14.9. The number of aromatic nitrogens is 3. The summed E-state index contributed by atoms with van der Waals surface area (Å²) in [5, 5.41) is 3.70. The second kappa shape index (κ2) is 8.58. The molecule has 1 fully saturated rings. The number of aryl methyl sites for hydroxylation is 2. The van der Waals surface area contributed by atoms with E-state index in [9.17, 15) is 14.4 Å².